The average Bonchev–Trinajstić information content (AvgIpc) is 2.39. The van der Waals surface area contributed by atoms with E-state index in [0.29, 0.717) is 22.7 Å². The number of halogens is 1. The summed E-state index contributed by atoms with van der Waals surface area (Å²) in [5.41, 5.74) is 1.47. The summed E-state index contributed by atoms with van der Waals surface area (Å²) in [5, 5.41) is 8.70. The molecule has 0 unspecified atom stereocenters. The number of aliphatic carboxylic acids is 1. The lowest BCUT2D eigenvalue weighted by molar-refractivity contribution is -0.136. The lowest BCUT2D eigenvalue weighted by atomic mass is 10.1. The summed E-state index contributed by atoms with van der Waals surface area (Å²) in [6.07, 6.45) is 2.56. The zero-order valence-electron chi connectivity index (χ0n) is 11.7. The molecule has 1 heterocycles. The monoisotopic (exact) mass is 290 g/mol. The van der Waals surface area contributed by atoms with Crippen LogP contribution in [0.15, 0.2) is 30.6 Å². The molecule has 0 fully saturated rings. The molecule has 0 atom stereocenters. The normalized spacial score (nSPS) is 10.7. The van der Waals surface area contributed by atoms with Crippen molar-refractivity contribution < 1.29 is 19.0 Å². The first kappa shape index (κ1) is 14.9. The van der Waals surface area contributed by atoms with Gasteiger partial charge in [0.25, 0.3) is 0 Å². The fourth-order valence-electron chi connectivity index (χ4n) is 1.80. The number of aromatic nitrogens is 2. The molecule has 0 amide bonds. The van der Waals surface area contributed by atoms with Crippen LogP contribution in [0.25, 0.3) is 11.3 Å². The Morgan fingerprint density at radius 3 is 2.67 bits per heavy atom. The van der Waals surface area contributed by atoms with Gasteiger partial charge < -0.3 is 9.84 Å². The van der Waals surface area contributed by atoms with Crippen molar-refractivity contribution in [2.75, 3.05) is 0 Å². The van der Waals surface area contributed by atoms with Crippen LogP contribution in [0.4, 0.5) is 4.39 Å². The number of rotatable bonds is 5. The number of hydrogen-bond donors (Lipinski definition) is 1. The molecule has 6 heteroatoms. The molecule has 5 nitrogen and oxygen atoms in total. The average molecular weight is 290 g/mol. The first-order valence-electron chi connectivity index (χ1n) is 6.45. The Bertz CT molecular complexity index is 642. The molecule has 0 aliphatic heterocycles. The van der Waals surface area contributed by atoms with Crippen molar-refractivity contribution in [2.24, 2.45) is 0 Å². The van der Waals surface area contributed by atoms with Gasteiger partial charge in [-0.2, -0.15) is 0 Å². The quantitative estimate of drug-likeness (QED) is 0.916. The number of hydrogen-bond acceptors (Lipinski definition) is 4. The number of carboxylic acids is 1. The van der Waals surface area contributed by atoms with Crippen LogP contribution in [0, 0.1) is 5.82 Å². The van der Waals surface area contributed by atoms with Crippen molar-refractivity contribution in [1.82, 2.24) is 9.97 Å². The van der Waals surface area contributed by atoms with E-state index in [1.807, 2.05) is 13.8 Å². The Labute approximate surface area is 121 Å². The second-order valence-corrected chi connectivity index (χ2v) is 4.77. The maximum absolute atomic E-state index is 13.3. The molecule has 0 aliphatic rings. The van der Waals surface area contributed by atoms with Gasteiger partial charge in [-0.3, -0.25) is 14.8 Å². The first-order valence-corrected chi connectivity index (χ1v) is 6.45. The second-order valence-electron chi connectivity index (χ2n) is 4.77. The maximum atomic E-state index is 13.3. The van der Waals surface area contributed by atoms with E-state index >= 15 is 0 Å². The zero-order chi connectivity index (χ0) is 15.4. The van der Waals surface area contributed by atoms with Gasteiger partial charge in [0.15, 0.2) is 0 Å². The van der Waals surface area contributed by atoms with E-state index in [9.17, 15) is 9.18 Å². The van der Waals surface area contributed by atoms with Gasteiger partial charge in [0.2, 0.25) is 0 Å². The van der Waals surface area contributed by atoms with Gasteiger partial charge in [0.1, 0.15) is 11.6 Å². The van der Waals surface area contributed by atoms with Gasteiger partial charge in [-0.1, -0.05) is 0 Å². The molecule has 0 radical (unpaired) electrons. The topological polar surface area (TPSA) is 72.3 Å². The predicted octanol–water partition coefficient (Wildman–Crippen LogP) is 2.70. The Balaban J connectivity index is 2.34. The maximum Gasteiger partial charge on any atom is 0.309 e. The number of nitrogens with zero attached hydrogens (tertiary/aromatic N) is 2. The van der Waals surface area contributed by atoms with E-state index in [1.165, 1.54) is 24.5 Å². The molecule has 0 bridgehead atoms. The van der Waals surface area contributed by atoms with Crippen molar-refractivity contribution in [3.63, 3.8) is 0 Å². The lowest BCUT2D eigenvalue weighted by Gasteiger charge is -2.14. The molecule has 0 saturated heterocycles. The van der Waals surface area contributed by atoms with E-state index in [4.69, 9.17) is 9.84 Å². The fourth-order valence-corrected chi connectivity index (χ4v) is 1.80. The third-order valence-corrected chi connectivity index (χ3v) is 2.62. The van der Waals surface area contributed by atoms with Crippen LogP contribution < -0.4 is 4.74 Å². The molecule has 1 N–H and O–H groups in total. The summed E-state index contributed by atoms with van der Waals surface area (Å²) >= 11 is 0. The van der Waals surface area contributed by atoms with Crippen LogP contribution in [0.2, 0.25) is 0 Å². The smallest absolute Gasteiger partial charge is 0.309 e. The summed E-state index contributed by atoms with van der Waals surface area (Å²) in [7, 11) is 0. The van der Waals surface area contributed by atoms with E-state index in [0.717, 1.165) is 0 Å². The molecule has 0 aliphatic carbocycles. The van der Waals surface area contributed by atoms with Gasteiger partial charge in [-0.05, 0) is 26.0 Å². The third kappa shape index (κ3) is 3.98. The molecule has 1 aromatic heterocycles. The van der Waals surface area contributed by atoms with Crippen molar-refractivity contribution in [3.8, 4) is 17.0 Å². The molecule has 110 valence electrons. The Morgan fingerprint density at radius 2 is 2.10 bits per heavy atom. The standard InChI is InChI=1S/C15H15FN2O3/c1-9(2)21-14-5-10(16)3-4-12(14)13-8-17-11(7-18-13)6-15(19)20/h3-5,7-9H,6H2,1-2H3,(H,19,20). The minimum Gasteiger partial charge on any atom is -0.490 e. The van der Waals surface area contributed by atoms with Crippen LogP contribution in [0.1, 0.15) is 19.5 Å². The largest absolute Gasteiger partial charge is 0.490 e. The molecule has 2 aromatic rings. The van der Waals surface area contributed by atoms with Gasteiger partial charge in [0.05, 0.1) is 30.1 Å². The van der Waals surface area contributed by atoms with Gasteiger partial charge >= 0.3 is 5.97 Å². The molecular weight excluding hydrogens is 275 g/mol. The minimum atomic E-state index is -0.970. The molecule has 2 rings (SSSR count). The number of carboxylic acid groups (broad SMARTS) is 1. The Hall–Kier alpha value is -2.50. The molecule has 21 heavy (non-hydrogen) atoms. The highest BCUT2D eigenvalue weighted by molar-refractivity contribution is 5.70. The van der Waals surface area contributed by atoms with Crippen LogP contribution >= 0.6 is 0 Å². The number of ether oxygens (including phenoxy) is 1. The summed E-state index contributed by atoms with van der Waals surface area (Å²) < 4.78 is 18.9. The predicted molar refractivity (Wildman–Crippen MR) is 74.5 cm³/mol. The van der Waals surface area contributed by atoms with E-state index in [1.54, 1.807) is 6.07 Å². The van der Waals surface area contributed by atoms with Crippen LogP contribution in [-0.2, 0) is 11.2 Å². The number of carbonyl (C=O) groups is 1. The molecule has 1 aromatic carbocycles. The van der Waals surface area contributed by atoms with Crippen molar-refractivity contribution in [2.45, 2.75) is 26.4 Å². The summed E-state index contributed by atoms with van der Waals surface area (Å²) in [4.78, 5) is 18.8. The highest BCUT2D eigenvalue weighted by atomic mass is 19.1. The first-order chi connectivity index (χ1) is 9.95. The van der Waals surface area contributed by atoms with Crippen molar-refractivity contribution >= 4 is 5.97 Å². The van der Waals surface area contributed by atoms with E-state index in [-0.39, 0.29) is 12.5 Å². The SMILES string of the molecule is CC(C)Oc1cc(F)ccc1-c1cnc(CC(=O)O)cn1. The highest BCUT2D eigenvalue weighted by Gasteiger charge is 2.12. The number of benzene rings is 1. The zero-order valence-corrected chi connectivity index (χ0v) is 11.7. The Kier molecular flexibility index (Phi) is 4.47. The molecular formula is C15H15FN2O3. The minimum absolute atomic E-state index is 0.107. The lowest BCUT2D eigenvalue weighted by Crippen LogP contribution is -2.07. The molecule has 0 saturated carbocycles. The van der Waals surface area contributed by atoms with E-state index < -0.39 is 11.8 Å². The van der Waals surface area contributed by atoms with Crippen LogP contribution in [0.3, 0.4) is 0 Å². The van der Waals surface area contributed by atoms with Gasteiger partial charge in [-0.15, -0.1) is 0 Å². The van der Waals surface area contributed by atoms with Crippen molar-refractivity contribution in [1.29, 1.82) is 0 Å². The van der Waals surface area contributed by atoms with Crippen molar-refractivity contribution in [3.05, 3.63) is 42.1 Å². The van der Waals surface area contributed by atoms with E-state index in [2.05, 4.69) is 9.97 Å². The third-order valence-electron chi connectivity index (χ3n) is 2.62. The second kappa shape index (κ2) is 6.30. The van der Waals surface area contributed by atoms with Crippen LogP contribution in [0.5, 0.6) is 5.75 Å². The Morgan fingerprint density at radius 1 is 1.33 bits per heavy atom. The van der Waals surface area contributed by atoms with Gasteiger partial charge in [0, 0.05) is 17.8 Å². The molecule has 0 spiro atoms. The highest BCUT2D eigenvalue weighted by Crippen LogP contribution is 2.29. The summed E-state index contributed by atoms with van der Waals surface area (Å²) in [5.74, 6) is -0.988. The summed E-state index contributed by atoms with van der Waals surface area (Å²) in [6.45, 7) is 3.69. The van der Waals surface area contributed by atoms with Crippen LogP contribution in [-0.4, -0.2) is 27.1 Å². The fraction of sp³-hybridized carbons (Fsp3) is 0.267. The van der Waals surface area contributed by atoms with Gasteiger partial charge in [-0.25, -0.2) is 4.39 Å². The summed E-state index contributed by atoms with van der Waals surface area (Å²) in [6, 6.07) is 4.17.